The summed E-state index contributed by atoms with van der Waals surface area (Å²) < 4.78 is 1.89. The number of imidazole rings is 1. The van der Waals surface area contributed by atoms with Gasteiger partial charge in [0.1, 0.15) is 5.69 Å². The molecule has 7 heteroatoms. The topological polar surface area (TPSA) is 88.9 Å². The minimum atomic E-state index is -0.279. The second-order valence-electron chi connectivity index (χ2n) is 7.05. The summed E-state index contributed by atoms with van der Waals surface area (Å²) >= 11 is 0. The van der Waals surface area contributed by atoms with Gasteiger partial charge in [-0.05, 0) is 36.5 Å². The molecule has 7 nitrogen and oxygen atoms in total. The fourth-order valence-corrected chi connectivity index (χ4v) is 3.52. The van der Waals surface area contributed by atoms with Crippen LogP contribution < -0.4 is 10.6 Å². The van der Waals surface area contributed by atoms with E-state index in [9.17, 15) is 9.59 Å². The summed E-state index contributed by atoms with van der Waals surface area (Å²) in [5.41, 5.74) is 3.12. The summed E-state index contributed by atoms with van der Waals surface area (Å²) in [6, 6.07) is 13.5. The number of nitrogens with zero attached hydrogens (tertiary/aromatic N) is 3. The summed E-state index contributed by atoms with van der Waals surface area (Å²) in [5.74, 6) is -0.224. The van der Waals surface area contributed by atoms with Crippen LogP contribution in [0.3, 0.4) is 0 Å². The number of fused-ring (bicyclic) bond motifs is 1. The number of hydrogen-bond acceptors (Lipinski definition) is 4. The molecule has 2 amide bonds. The number of rotatable bonds is 6. The summed E-state index contributed by atoms with van der Waals surface area (Å²) in [7, 11) is 0. The zero-order chi connectivity index (χ0) is 20.1. The van der Waals surface area contributed by atoms with Crippen LogP contribution in [0.15, 0.2) is 54.9 Å². The number of carbonyl (C=O) groups is 2. The third kappa shape index (κ3) is 4.34. The minimum absolute atomic E-state index is 0.245. The Kier molecular flexibility index (Phi) is 5.65. The van der Waals surface area contributed by atoms with Crippen LogP contribution >= 0.6 is 0 Å². The molecule has 2 aromatic heterocycles. The third-order valence-corrected chi connectivity index (χ3v) is 5.01. The van der Waals surface area contributed by atoms with Gasteiger partial charge in [0.05, 0.1) is 5.69 Å². The number of amides is 2. The Morgan fingerprint density at radius 1 is 0.931 bits per heavy atom. The monoisotopic (exact) mass is 389 g/mol. The lowest BCUT2D eigenvalue weighted by Gasteiger charge is -2.17. The smallest absolute Gasteiger partial charge is 0.287 e. The van der Waals surface area contributed by atoms with Crippen molar-refractivity contribution in [3.63, 3.8) is 0 Å². The maximum atomic E-state index is 12.8. The number of hydrogen-bond donors (Lipinski definition) is 2. The van der Waals surface area contributed by atoms with Gasteiger partial charge in [0.15, 0.2) is 5.82 Å². The van der Waals surface area contributed by atoms with Crippen LogP contribution in [0.2, 0.25) is 0 Å². The van der Waals surface area contributed by atoms with Crippen LogP contribution in [0.4, 0.5) is 0 Å². The SMILES string of the molecule is O=C(NCc1ccccc1)c1nc(C(=O)NCc2cccnc2)n2c1CCCC2. The summed E-state index contributed by atoms with van der Waals surface area (Å²) in [6.07, 6.45) is 6.11. The molecule has 0 bridgehead atoms. The molecule has 0 radical (unpaired) electrons. The molecular formula is C22H23N5O2. The highest BCUT2D eigenvalue weighted by atomic mass is 16.2. The van der Waals surface area contributed by atoms with Gasteiger partial charge in [-0.25, -0.2) is 4.98 Å². The Morgan fingerprint density at radius 3 is 2.48 bits per heavy atom. The normalized spacial score (nSPS) is 12.8. The van der Waals surface area contributed by atoms with Gasteiger partial charge in [0.2, 0.25) is 0 Å². The first-order chi connectivity index (χ1) is 14.2. The molecule has 0 unspecified atom stereocenters. The van der Waals surface area contributed by atoms with E-state index in [1.807, 2.05) is 47.0 Å². The van der Waals surface area contributed by atoms with Crippen molar-refractivity contribution in [3.05, 3.63) is 83.2 Å². The van der Waals surface area contributed by atoms with Gasteiger partial charge in [0.25, 0.3) is 11.8 Å². The Hall–Kier alpha value is -3.48. The molecule has 0 aliphatic carbocycles. The molecule has 0 atom stereocenters. The van der Waals surface area contributed by atoms with Crippen LogP contribution in [0.25, 0.3) is 0 Å². The van der Waals surface area contributed by atoms with E-state index in [0.717, 1.165) is 36.1 Å². The van der Waals surface area contributed by atoms with E-state index in [4.69, 9.17) is 0 Å². The first-order valence-corrected chi connectivity index (χ1v) is 9.81. The fourth-order valence-electron chi connectivity index (χ4n) is 3.52. The molecule has 29 heavy (non-hydrogen) atoms. The lowest BCUT2D eigenvalue weighted by Crippen LogP contribution is -2.27. The van der Waals surface area contributed by atoms with Crippen molar-refractivity contribution < 1.29 is 9.59 Å². The van der Waals surface area contributed by atoms with E-state index in [-0.39, 0.29) is 11.8 Å². The van der Waals surface area contributed by atoms with Gasteiger partial charge < -0.3 is 15.2 Å². The molecule has 0 spiro atoms. The van der Waals surface area contributed by atoms with Gasteiger partial charge in [-0.15, -0.1) is 0 Å². The number of aromatic nitrogens is 3. The van der Waals surface area contributed by atoms with E-state index in [2.05, 4.69) is 20.6 Å². The molecule has 1 aliphatic heterocycles. The highest BCUT2D eigenvalue weighted by molar-refractivity contribution is 5.97. The number of carbonyl (C=O) groups excluding carboxylic acids is 2. The molecule has 4 rings (SSSR count). The Morgan fingerprint density at radius 2 is 1.69 bits per heavy atom. The Labute approximate surface area is 169 Å². The molecule has 0 saturated carbocycles. The molecule has 1 aromatic carbocycles. The van der Waals surface area contributed by atoms with Crippen molar-refractivity contribution in [3.8, 4) is 0 Å². The van der Waals surface area contributed by atoms with E-state index in [1.54, 1.807) is 12.4 Å². The standard InChI is InChI=1S/C22H23N5O2/c28-21(24-14-16-7-2-1-3-8-16)19-18-10-4-5-12-27(18)20(26-19)22(29)25-15-17-9-6-11-23-13-17/h1-3,6-9,11,13H,4-5,10,12,14-15H2,(H,24,28)(H,25,29). The molecule has 0 fully saturated rings. The van der Waals surface area contributed by atoms with E-state index >= 15 is 0 Å². The fraction of sp³-hybridized carbons (Fsp3) is 0.273. The highest BCUT2D eigenvalue weighted by Crippen LogP contribution is 2.21. The third-order valence-electron chi connectivity index (χ3n) is 5.01. The second kappa shape index (κ2) is 8.68. The van der Waals surface area contributed by atoms with Crippen LogP contribution in [0.1, 0.15) is 50.8 Å². The van der Waals surface area contributed by atoms with Crippen molar-refractivity contribution in [2.24, 2.45) is 0 Å². The summed E-state index contributed by atoms with van der Waals surface area (Å²) in [4.78, 5) is 34.0. The van der Waals surface area contributed by atoms with Crippen molar-refractivity contribution in [2.75, 3.05) is 0 Å². The van der Waals surface area contributed by atoms with Gasteiger partial charge in [-0.1, -0.05) is 36.4 Å². The lowest BCUT2D eigenvalue weighted by molar-refractivity contribution is 0.0935. The van der Waals surface area contributed by atoms with Gasteiger partial charge in [0, 0.05) is 32.0 Å². The van der Waals surface area contributed by atoms with E-state index < -0.39 is 0 Å². The van der Waals surface area contributed by atoms with Crippen molar-refractivity contribution in [1.82, 2.24) is 25.2 Å². The minimum Gasteiger partial charge on any atom is -0.347 e. The summed E-state index contributed by atoms with van der Waals surface area (Å²) in [6.45, 7) is 1.49. The largest absolute Gasteiger partial charge is 0.347 e. The molecule has 3 aromatic rings. The molecule has 3 heterocycles. The average molecular weight is 389 g/mol. The number of benzene rings is 1. The maximum Gasteiger partial charge on any atom is 0.287 e. The van der Waals surface area contributed by atoms with Crippen LogP contribution in [0.5, 0.6) is 0 Å². The van der Waals surface area contributed by atoms with Crippen molar-refractivity contribution in [2.45, 2.75) is 38.9 Å². The quantitative estimate of drug-likeness (QED) is 0.678. The van der Waals surface area contributed by atoms with Crippen molar-refractivity contribution in [1.29, 1.82) is 0 Å². The molecule has 1 aliphatic rings. The number of pyridine rings is 1. The zero-order valence-electron chi connectivity index (χ0n) is 16.1. The number of nitrogens with one attached hydrogen (secondary N) is 2. The predicted octanol–water partition coefficient (Wildman–Crippen LogP) is 2.47. The van der Waals surface area contributed by atoms with E-state index in [0.29, 0.717) is 31.2 Å². The molecule has 148 valence electrons. The van der Waals surface area contributed by atoms with Crippen LogP contribution in [-0.4, -0.2) is 26.3 Å². The van der Waals surface area contributed by atoms with Crippen LogP contribution in [-0.2, 0) is 26.1 Å². The lowest BCUT2D eigenvalue weighted by atomic mass is 10.1. The average Bonchev–Trinajstić information content (AvgIpc) is 3.17. The predicted molar refractivity (Wildman–Crippen MR) is 108 cm³/mol. The summed E-state index contributed by atoms with van der Waals surface area (Å²) in [5, 5.41) is 5.80. The van der Waals surface area contributed by atoms with Gasteiger partial charge >= 0.3 is 0 Å². The van der Waals surface area contributed by atoms with Crippen LogP contribution in [0, 0.1) is 0 Å². The molecular weight excluding hydrogens is 366 g/mol. The first-order valence-electron chi connectivity index (χ1n) is 9.81. The molecule has 0 saturated heterocycles. The van der Waals surface area contributed by atoms with Gasteiger partial charge in [-0.2, -0.15) is 0 Å². The Bertz CT molecular complexity index is 919. The Balaban J connectivity index is 1.50. The second-order valence-corrected chi connectivity index (χ2v) is 7.05. The van der Waals surface area contributed by atoms with Crippen molar-refractivity contribution >= 4 is 11.8 Å². The molecule has 2 N–H and O–H groups in total. The van der Waals surface area contributed by atoms with E-state index in [1.165, 1.54) is 0 Å². The van der Waals surface area contributed by atoms with Gasteiger partial charge in [-0.3, -0.25) is 14.6 Å². The first kappa shape index (κ1) is 18.9. The highest BCUT2D eigenvalue weighted by Gasteiger charge is 2.27. The zero-order valence-corrected chi connectivity index (χ0v) is 16.1. The maximum absolute atomic E-state index is 12.8.